The van der Waals surface area contributed by atoms with Crippen LogP contribution in [0.4, 0.5) is 0 Å². The van der Waals surface area contributed by atoms with Gasteiger partial charge in [-0.2, -0.15) is 0 Å². The van der Waals surface area contributed by atoms with E-state index in [1.165, 1.54) is 5.56 Å². The summed E-state index contributed by atoms with van der Waals surface area (Å²) in [6, 6.07) is 16.2. The minimum Gasteiger partial charge on any atom is -0.493 e. The van der Waals surface area contributed by atoms with Crippen LogP contribution in [0.5, 0.6) is 5.75 Å². The maximum atomic E-state index is 9.78. The maximum Gasteiger partial charge on any atom is 0.125 e. The Morgan fingerprint density at radius 3 is 2.57 bits per heavy atom. The number of aliphatic hydroxyl groups is 1. The van der Waals surface area contributed by atoms with Crippen LogP contribution >= 0.6 is 15.9 Å². The summed E-state index contributed by atoms with van der Waals surface area (Å²) in [5, 5.41) is 9.78. The predicted molar refractivity (Wildman–Crippen MR) is 89.7 cm³/mol. The fourth-order valence-corrected chi connectivity index (χ4v) is 2.61. The molecule has 0 bridgehead atoms. The van der Waals surface area contributed by atoms with E-state index in [0.29, 0.717) is 6.61 Å². The minimum absolute atomic E-state index is 0.526. The monoisotopic (exact) mass is 348 g/mol. The molecular weight excluding hydrogens is 328 g/mol. The number of hydrogen-bond acceptors (Lipinski definition) is 2. The van der Waals surface area contributed by atoms with E-state index in [1.54, 1.807) is 6.92 Å². The number of aryl methyl sites for hydroxylation is 1. The van der Waals surface area contributed by atoms with Crippen molar-refractivity contribution in [3.8, 4) is 5.75 Å². The molecule has 0 spiro atoms. The zero-order valence-electron chi connectivity index (χ0n) is 12.3. The lowest BCUT2D eigenvalue weighted by atomic mass is 10.1. The van der Waals surface area contributed by atoms with Crippen molar-refractivity contribution in [1.82, 2.24) is 0 Å². The lowest BCUT2D eigenvalue weighted by Gasteiger charge is -2.14. The Morgan fingerprint density at radius 2 is 1.86 bits per heavy atom. The SMILES string of the molecule is CC(O)c1cc(Br)ccc1OCCCCc1ccccc1. The van der Waals surface area contributed by atoms with Crippen molar-refractivity contribution in [2.45, 2.75) is 32.3 Å². The molecule has 0 aromatic heterocycles. The largest absolute Gasteiger partial charge is 0.493 e. The summed E-state index contributed by atoms with van der Waals surface area (Å²) in [5.41, 5.74) is 2.19. The van der Waals surface area contributed by atoms with E-state index >= 15 is 0 Å². The summed E-state index contributed by atoms with van der Waals surface area (Å²) in [5.74, 6) is 0.771. The van der Waals surface area contributed by atoms with Gasteiger partial charge >= 0.3 is 0 Å². The Kier molecular flexibility index (Phi) is 6.27. The van der Waals surface area contributed by atoms with E-state index in [9.17, 15) is 5.11 Å². The number of halogens is 1. The molecule has 0 saturated carbocycles. The Balaban J connectivity index is 1.78. The van der Waals surface area contributed by atoms with Crippen LogP contribution in [0.1, 0.15) is 37.0 Å². The zero-order chi connectivity index (χ0) is 15.1. The molecule has 0 aliphatic heterocycles. The number of benzene rings is 2. The number of unbranched alkanes of at least 4 members (excludes halogenated alkanes) is 1. The minimum atomic E-state index is -0.526. The molecule has 0 fully saturated rings. The molecule has 2 aromatic carbocycles. The first-order valence-electron chi connectivity index (χ1n) is 7.31. The van der Waals surface area contributed by atoms with Gasteiger partial charge in [-0.1, -0.05) is 46.3 Å². The molecule has 2 aromatic rings. The highest BCUT2D eigenvalue weighted by molar-refractivity contribution is 9.10. The fourth-order valence-electron chi connectivity index (χ4n) is 2.24. The fraction of sp³-hybridized carbons (Fsp3) is 0.333. The van der Waals surface area contributed by atoms with Gasteiger partial charge in [0.2, 0.25) is 0 Å². The Labute approximate surface area is 134 Å². The van der Waals surface area contributed by atoms with Crippen LogP contribution in [0.2, 0.25) is 0 Å². The third-order valence-electron chi connectivity index (χ3n) is 3.38. The molecule has 1 atom stereocenters. The summed E-state index contributed by atoms with van der Waals surface area (Å²) in [7, 11) is 0. The average molecular weight is 349 g/mol. The highest BCUT2D eigenvalue weighted by atomic mass is 79.9. The number of hydrogen-bond donors (Lipinski definition) is 1. The van der Waals surface area contributed by atoms with E-state index in [1.807, 2.05) is 24.3 Å². The molecule has 2 rings (SSSR count). The molecule has 0 aliphatic rings. The van der Waals surface area contributed by atoms with Gasteiger partial charge in [0.1, 0.15) is 5.75 Å². The van der Waals surface area contributed by atoms with E-state index in [0.717, 1.165) is 35.0 Å². The van der Waals surface area contributed by atoms with Crippen LogP contribution in [0.15, 0.2) is 53.0 Å². The van der Waals surface area contributed by atoms with Gasteiger partial charge in [0.05, 0.1) is 12.7 Å². The molecule has 0 aliphatic carbocycles. The molecule has 1 unspecified atom stereocenters. The quantitative estimate of drug-likeness (QED) is 0.720. The number of rotatable bonds is 7. The molecular formula is C18H21BrO2. The van der Waals surface area contributed by atoms with E-state index in [-0.39, 0.29) is 0 Å². The normalized spacial score (nSPS) is 12.1. The molecule has 2 nitrogen and oxygen atoms in total. The Hall–Kier alpha value is -1.32. The van der Waals surface area contributed by atoms with Crippen molar-refractivity contribution in [2.24, 2.45) is 0 Å². The summed E-state index contributed by atoms with van der Waals surface area (Å²) >= 11 is 3.42. The molecule has 0 radical (unpaired) electrons. The van der Waals surface area contributed by atoms with Gasteiger partial charge in [-0.25, -0.2) is 0 Å². The van der Waals surface area contributed by atoms with Crippen LogP contribution in [0.25, 0.3) is 0 Å². The van der Waals surface area contributed by atoms with Crippen molar-refractivity contribution < 1.29 is 9.84 Å². The smallest absolute Gasteiger partial charge is 0.125 e. The highest BCUT2D eigenvalue weighted by Gasteiger charge is 2.09. The molecule has 0 heterocycles. The summed E-state index contributed by atoms with van der Waals surface area (Å²) in [6.45, 7) is 2.43. The van der Waals surface area contributed by atoms with Crippen molar-refractivity contribution >= 4 is 15.9 Å². The third-order valence-corrected chi connectivity index (χ3v) is 3.88. The predicted octanol–water partition coefficient (Wildman–Crippen LogP) is 4.90. The van der Waals surface area contributed by atoms with Gasteiger partial charge in [-0.05, 0) is 49.9 Å². The molecule has 0 saturated heterocycles. The zero-order valence-corrected chi connectivity index (χ0v) is 13.8. The van der Waals surface area contributed by atoms with Crippen molar-refractivity contribution in [3.63, 3.8) is 0 Å². The topological polar surface area (TPSA) is 29.5 Å². The van der Waals surface area contributed by atoms with Crippen molar-refractivity contribution in [3.05, 3.63) is 64.1 Å². The molecule has 112 valence electrons. The van der Waals surface area contributed by atoms with Crippen LogP contribution in [-0.4, -0.2) is 11.7 Å². The first-order valence-corrected chi connectivity index (χ1v) is 8.10. The summed E-state index contributed by atoms with van der Waals surface area (Å²) in [6.07, 6.45) is 2.66. The number of aliphatic hydroxyl groups excluding tert-OH is 1. The van der Waals surface area contributed by atoms with E-state index < -0.39 is 6.10 Å². The van der Waals surface area contributed by atoms with E-state index in [2.05, 4.69) is 40.2 Å². The molecule has 1 N–H and O–H groups in total. The van der Waals surface area contributed by atoms with Crippen LogP contribution in [0.3, 0.4) is 0 Å². The van der Waals surface area contributed by atoms with Gasteiger partial charge < -0.3 is 9.84 Å². The standard InChI is InChI=1S/C18H21BrO2/c1-14(20)17-13-16(19)10-11-18(17)21-12-6-5-9-15-7-3-2-4-8-15/h2-4,7-8,10-11,13-14,20H,5-6,9,12H2,1H3. The van der Waals surface area contributed by atoms with Crippen LogP contribution in [-0.2, 0) is 6.42 Å². The molecule has 21 heavy (non-hydrogen) atoms. The first kappa shape index (κ1) is 16.1. The third kappa shape index (κ3) is 5.18. The van der Waals surface area contributed by atoms with Crippen molar-refractivity contribution in [2.75, 3.05) is 6.61 Å². The first-order chi connectivity index (χ1) is 10.2. The second-order valence-electron chi connectivity index (χ2n) is 5.15. The Bertz CT molecular complexity index is 552. The van der Waals surface area contributed by atoms with Crippen LogP contribution < -0.4 is 4.74 Å². The number of ether oxygens (including phenoxy) is 1. The van der Waals surface area contributed by atoms with Gasteiger partial charge in [0.15, 0.2) is 0 Å². The van der Waals surface area contributed by atoms with Gasteiger partial charge in [-0.15, -0.1) is 0 Å². The lowest BCUT2D eigenvalue weighted by Crippen LogP contribution is -2.03. The lowest BCUT2D eigenvalue weighted by molar-refractivity contribution is 0.190. The Morgan fingerprint density at radius 1 is 1.10 bits per heavy atom. The van der Waals surface area contributed by atoms with Gasteiger partial charge in [-0.3, -0.25) is 0 Å². The highest BCUT2D eigenvalue weighted by Crippen LogP contribution is 2.28. The van der Waals surface area contributed by atoms with Gasteiger partial charge in [0.25, 0.3) is 0 Å². The maximum absolute atomic E-state index is 9.78. The van der Waals surface area contributed by atoms with Gasteiger partial charge in [0, 0.05) is 10.0 Å². The van der Waals surface area contributed by atoms with Crippen molar-refractivity contribution in [1.29, 1.82) is 0 Å². The second kappa shape index (κ2) is 8.20. The average Bonchev–Trinajstić information content (AvgIpc) is 2.49. The molecule has 3 heteroatoms. The summed E-state index contributed by atoms with van der Waals surface area (Å²) in [4.78, 5) is 0. The second-order valence-corrected chi connectivity index (χ2v) is 6.06. The van der Waals surface area contributed by atoms with Crippen LogP contribution in [0, 0.1) is 0 Å². The van der Waals surface area contributed by atoms with E-state index in [4.69, 9.17) is 4.74 Å². The summed E-state index contributed by atoms with van der Waals surface area (Å²) < 4.78 is 6.76. The molecule has 0 amide bonds.